The number of benzene rings is 1. The Bertz CT molecular complexity index is 605. The van der Waals surface area contributed by atoms with E-state index in [9.17, 15) is 13.2 Å². The van der Waals surface area contributed by atoms with Gasteiger partial charge in [-0.05, 0) is 25.1 Å². The van der Waals surface area contributed by atoms with Crippen LogP contribution in [0.5, 0.6) is 0 Å². The van der Waals surface area contributed by atoms with Gasteiger partial charge < -0.3 is 4.74 Å². The van der Waals surface area contributed by atoms with Crippen LogP contribution in [0.1, 0.15) is 6.92 Å². The summed E-state index contributed by atoms with van der Waals surface area (Å²) in [7, 11) is -3.29. The Labute approximate surface area is 122 Å². The molecule has 1 aliphatic rings. The van der Waals surface area contributed by atoms with Crippen LogP contribution in [0.2, 0.25) is 5.02 Å². The zero-order chi connectivity index (χ0) is 14.8. The molecule has 1 atom stereocenters. The van der Waals surface area contributed by atoms with E-state index >= 15 is 0 Å². The van der Waals surface area contributed by atoms with Crippen LogP contribution in [0.15, 0.2) is 24.3 Å². The third-order valence-corrected chi connectivity index (χ3v) is 4.51. The van der Waals surface area contributed by atoms with E-state index in [1.54, 1.807) is 31.2 Å². The van der Waals surface area contributed by atoms with Gasteiger partial charge in [0, 0.05) is 17.3 Å². The number of anilines is 1. The summed E-state index contributed by atoms with van der Waals surface area (Å²) in [5.74, 6) is -0.00826. The molecular formula is C12H15ClN2O4S. The number of nitrogens with one attached hydrogen (secondary N) is 1. The summed E-state index contributed by atoms with van der Waals surface area (Å²) in [6.07, 6.45) is -1.02. The minimum Gasteiger partial charge on any atom is -0.443 e. The van der Waals surface area contributed by atoms with Crippen LogP contribution in [-0.2, 0) is 14.8 Å². The Morgan fingerprint density at radius 3 is 2.90 bits per heavy atom. The summed E-state index contributed by atoms with van der Waals surface area (Å²) < 4.78 is 30.2. The maximum Gasteiger partial charge on any atom is 0.414 e. The lowest BCUT2D eigenvalue weighted by Crippen LogP contribution is -2.35. The summed E-state index contributed by atoms with van der Waals surface area (Å²) in [5.41, 5.74) is 0.628. The zero-order valence-corrected chi connectivity index (χ0v) is 12.4. The molecule has 1 saturated heterocycles. The summed E-state index contributed by atoms with van der Waals surface area (Å²) in [6.45, 7) is 1.89. The van der Waals surface area contributed by atoms with Crippen LogP contribution in [-0.4, -0.2) is 39.5 Å². The minimum atomic E-state index is -3.29. The molecule has 1 aromatic rings. The molecular weight excluding hydrogens is 304 g/mol. The number of hydrogen-bond donors (Lipinski definition) is 1. The standard InChI is InChI=1S/C12H15ClN2O4S/c1-2-20(17,18)14-7-11-8-15(12(16)19-11)10-5-3-4-9(13)6-10/h3-6,11,14H,2,7-8H2,1H3. The van der Waals surface area contributed by atoms with E-state index in [1.165, 1.54) is 4.90 Å². The van der Waals surface area contributed by atoms with Gasteiger partial charge in [0.2, 0.25) is 10.0 Å². The number of amides is 1. The van der Waals surface area contributed by atoms with Crippen molar-refractivity contribution in [3.63, 3.8) is 0 Å². The molecule has 0 spiro atoms. The van der Waals surface area contributed by atoms with E-state index < -0.39 is 22.2 Å². The van der Waals surface area contributed by atoms with Crippen LogP contribution in [0.3, 0.4) is 0 Å². The van der Waals surface area contributed by atoms with Crippen molar-refractivity contribution < 1.29 is 17.9 Å². The van der Waals surface area contributed by atoms with Crippen molar-refractivity contribution in [1.29, 1.82) is 0 Å². The Balaban J connectivity index is 2.01. The van der Waals surface area contributed by atoms with Crippen molar-refractivity contribution in [2.24, 2.45) is 0 Å². The van der Waals surface area contributed by atoms with Crippen molar-refractivity contribution in [2.75, 3.05) is 23.7 Å². The molecule has 1 amide bonds. The molecule has 6 nitrogen and oxygen atoms in total. The molecule has 2 rings (SSSR count). The second-order valence-electron chi connectivity index (χ2n) is 4.35. The van der Waals surface area contributed by atoms with E-state index in [1.807, 2.05) is 0 Å². The molecule has 0 aromatic heterocycles. The average Bonchev–Trinajstić information content (AvgIpc) is 2.78. The molecule has 0 aliphatic carbocycles. The van der Waals surface area contributed by atoms with Gasteiger partial charge in [-0.2, -0.15) is 0 Å². The lowest BCUT2D eigenvalue weighted by Gasteiger charge is -2.13. The highest BCUT2D eigenvalue weighted by atomic mass is 35.5. The summed E-state index contributed by atoms with van der Waals surface area (Å²) in [5, 5.41) is 0.519. The fraction of sp³-hybridized carbons (Fsp3) is 0.417. The molecule has 110 valence electrons. The molecule has 0 bridgehead atoms. The lowest BCUT2D eigenvalue weighted by molar-refractivity contribution is 0.143. The van der Waals surface area contributed by atoms with E-state index in [0.717, 1.165) is 0 Å². The number of nitrogens with zero attached hydrogens (tertiary/aromatic N) is 1. The predicted octanol–water partition coefficient (Wildman–Crippen LogP) is 1.60. The summed E-state index contributed by atoms with van der Waals surface area (Å²) >= 11 is 5.88. The van der Waals surface area contributed by atoms with Crippen molar-refractivity contribution in [2.45, 2.75) is 13.0 Å². The maximum absolute atomic E-state index is 11.8. The maximum atomic E-state index is 11.8. The van der Waals surface area contributed by atoms with Crippen LogP contribution in [0.4, 0.5) is 10.5 Å². The molecule has 20 heavy (non-hydrogen) atoms. The smallest absolute Gasteiger partial charge is 0.414 e. The topological polar surface area (TPSA) is 75.7 Å². The van der Waals surface area contributed by atoms with Gasteiger partial charge in [-0.15, -0.1) is 0 Å². The molecule has 1 heterocycles. The van der Waals surface area contributed by atoms with Gasteiger partial charge in [-0.3, -0.25) is 4.90 Å². The number of ether oxygens (including phenoxy) is 1. The Morgan fingerprint density at radius 1 is 1.50 bits per heavy atom. The van der Waals surface area contributed by atoms with E-state index in [4.69, 9.17) is 16.3 Å². The fourth-order valence-electron chi connectivity index (χ4n) is 1.80. The fourth-order valence-corrected chi connectivity index (χ4v) is 2.63. The summed E-state index contributed by atoms with van der Waals surface area (Å²) in [6, 6.07) is 6.84. The second-order valence-corrected chi connectivity index (χ2v) is 6.88. The van der Waals surface area contributed by atoms with Crippen molar-refractivity contribution in [3.05, 3.63) is 29.3 Å². The van der Waals surface area contributed by atoms with Crippen LogP contribution < -0.4 is 9.62 Å². The highest BCUT2D eigenvalue weighted by Gasteiger charge is 2.32. The molecule has 1 aromatic carbocycles. The van der Waals surface area contributed by atoms with E-state index in [2.05, 4.69) is 4.72 Å². The molecule has 1 fully saturated rings. The largest absolute Gasteiger partial charge is 0.443 e. The van der Waals surface area contributed by atoms with E-state index in [-0.39, 0.29) is 18.8 Å². The number of cyclic esters (lactones) is 1. The van der Waals surface area contributed by atoms with Gasteiger partial charge >= 0.3 is 6.09 Å². The monoisotopic (exact) mass is 318 g/mol. The van der Waals surface area contributed by atoms with Gasteiger partial charge in [0.05, 0.1) is 12.3 Å². The first kappa shape index (κ1) is 15.1. The minimum absolute atomic E-state index is 0.00826. The highest BCUT2D eigenvalue weighted by Crippen LogP contribution is 2.24. The lowest BCUT2D eigenvalue weighted by atomic mass is 10.3. The van der Waals surface area contributed by atoms with Crippen molar-refractivity contribution >= 4 is 33.4 Å². The first-order chi connectivity index (χ1) is 9.41. The Kier molecular flexibility index (Phi) is 4.52. The zero-order valence-electron chi connectivity index (χ0n) is 10.9. The van der Waals surface area contributed by atoms with Crippen molar-refractivity contribution in [3.8, 4) is 0 Å². The predicted molar refractivity (Wildman–Crippen MR) is 76.5 cm³/mol. The normalized spacial score (nSPS) is 19.2. The van der Waals surface area contributed by atoms with Crippen LogP contribution >= 0.6 is 11.6 Å². The number of rotatable bonds is 5. The Morgan fingerprint density at radius 2 is 2.25 bits per heavy atom. The number of halogens is 1. The number of hydrogen-bond acceptors (Lipinski definition) is 4. The SMILES string of the molecule is CCS(=O)(=O)NCC1CN(c2cccc(Cl)c2)C(=O)O1. The average molecular weight is 319 g/mol. The number of carbonyl (C=O) groups excluding carboxylic acids is 1. The van der Waals surface area contributed by atoms with Gasteiger partial charge in [0.1, 0.15) is 6.10 Å². The van der Waals surface area contributed by atoms with Crippen LogP contribution in [0.25, 0.3) is 0 Å². The second kappa shape index (κ2) is 5.99. The molecule has 0 radical (unpaired) electrons. The number of sulfonamides is 1. The van der Waals surface area contributed by atoms with E-state index in [0.29, 0.717) is 10.7 Å². The number of carbonyl (C=O) groups is 1. The van der Waals surface area contributed by atoms with Gasteiger partial charge in [0.25, 0.3) is 0 Å². The van der Waals surface area contributed by atoms with Crippen LogP contribution in [0, 0.1) is 0 Å². The van der Waals surface area contributed by atoms with Gasteiger partial charge in [-0.1, -0.05) is 17.7 Å². The molecule has 0 saturated carbocycles. The van der Waals surface area contributed by atoms with Gasteiger partial charge in [0.15, 0.2) is 0 Å². The quantitative estimate of drug-likeness (QED) is 0.895. The summed E-state index contributed by atoms with van der Waals surface area (Å²) in [4.78, 5) is 13.2. The molecule has 8 heteroatoms. The van der Waals surface area contributed by atoms with Crippen molar-refractivity contribution in [1.82, 2.24) is 4.72 Å². The molecule has 1 unspecified atom stereocenters. The Hall–Kier alpha value is -1.31. The molecule has 1 N–H and O–H groups in total. The molecule has 1 aliphatic heterocycles. The first-order valence-corrected chi connectivity index (χ1v) is 8.15. The third kappa shape index (κ3) is 3.62. The third-order valence-electron chi connectivity index (χ3n) is 2.90. The highest BCUT2D eigenvalue weighted by molar-refractivity contribution is 7.89. The van der Waals surface area contributed by atoms with Gasteiger partial charge in [-0.25, -0.2) is 17.9 Å². The first-order valence-electron chi connectivity index (χ1n) is 6.12.